The molecule has 1 aromatic carbocycles. The molecule has 1 aliphatic heterocycles. The highest BCUT2D eigenvalue weighted by Gasteiger charge is 2.18. The summed E-state index contributed by atoms with van der Waals surface area (Å²) < 4.78 is 1.97. The first-order valence-electron chi connectivity index (χ1n) is 11.5. The fraction of sp³-hybridized carbons (Fsp3) is 0.417. The van der Waals surface area contributed by atoms with Crippen molar-refractivity contribution in [3.8, 4) is 0 Å². The van der Waals surface area contributed by atoms with Crippen LogP contribution in [0.2, 0.25) is 0 Å². The largest absolute Gasteiger partial charge is 0.338 e. The van der Waals surface area contributed by atoms with Crippen molar-refractivity contribution in [2.45, 2.75) is 26.8 Å². The number of hydrogen-bond acceptors (Lipinski definition) is 6. The number of hydrogen-bond donors (Lipinski definition) is 2. The minimum Gasteiger partial charge on any atom is -0.338 e. The summed E-state index contributed by atoms with van der Waals surface area (Å²) in [6.07, 6.45) is 4.47. The van der Waals surface area contributed by atoms with E-state index in [9.17, 15) is 4.79 Å². The minimum atomic E-state index is -0.177. The molecule has 2 amide bonds. The molecule has 0 saturated carbocycles. The quantitative estimate of drug-likeness (QED) is 0.515. The van der Waals surface area contributed by atoms with Gasteiger partial charge in [0, 0.05) is 56.5 Å². The lowest BCUT2D eigenvalue weighted by Gasteiger charge is -2.34. The van der Waals surface area contributed by atoms with Gasteiger partial charge in [-0.1, -0.05) is 12.1 Å². The Morgan fingerprint density at radius 1 is 1.03 bits per heavy atom. The molecule has 2 N–H and O–H groups in total. The molecule has 0 aliphatic carbocycles. The third kappa shape index (κ3) is 6.52. The normalized spacial score (nSPS) is 14.3. The first kappa shape index (κ1) is 22.7. The van der Waals surface area contributed by atoms with Crippen LogP contribution in [-0.2, 0) is 6.54 Å². The van der Waals surface area contributed by atoms with E-state index in [1.807, 2.05) is 48.9 Å². The van der Waals surface area contributed by atoms with Gasteiger partial charge in [0.1, 0.15) is 0 Å². The molecule has 33 heavy (non-hydrogen) atoms. The van der Waals surface area contributed by atoms with Gasteiger partial charge in [0.25, 0.3) is 0 Å². The van der Waals surface area contributed by atoms with Crippen molar-refractivity contribution in [1.82, 2.24) is 30.0 Å². The Morgan fingerprint density at radius 3 is 2.55 bits per heavy atom. The maximum Gasteiger partial charge on any atom is 0.319 e. The average molecular weight is 449 g/mol. The van der Waals surface area contributed by atoms with Crippen LogP contribution in [0.3, 0.4) is 0 Å². The van der Waals surface area contributed by atoms with Gasteiger partial charge in [0.2, 0.25) is 5.95 Å². The van der Waals surface area contributed by atoms with Gasteiger partial charge in [0.15, 0.2) is 0 Å². The van der Waals surface area contributed by atoms with E-state index in [2.05, 4.69) is 41.6 Å². The molecule has 174 valence electrons. The lowest BCUT2D eigenvalue weighted by molar-refractivity contribution is 0.244. The van der Waals surface area contributed by atoms with E-state index in [0.29, 0.717) is 13.1 Å². The van der Waals surface area contributed by atoms with Gasteiger partial charge in [-0.2, -0.15) is 5.10 Å². The van der Waals surface area contributed by atoms with Gasteiger partial charge in [-0.25, -0.2) is 14.8 Å². The highest BCUT2D eigenvalue weighted by Crippen LogP contribution is 2.13. The number of nitrogens with zero attached hydrogens (tertiary/aromatic N) is 6. The number of benzene rings is 1. The number of carbonyl (C=O) groups is 1. The molecule has 2 aromatic heterocycles. The summed E-state index contributed by atoms with van der Waals surface area (Å²) in [6, 6.07) is 11.6. The van der Waals surface area contributed by atoms with E-state index in [-0.39, 0.29) is 6.03 Å². The summed E-state index contributed by atoms with van der Waals surface area (Å²) in [5.74, 6) is 0.800. The second kappa shape index (κ2) is 10.9. The Kier molecular flexibility index (Phi) is 7.51. The summed E-state index contributed by atoms with van der Waals surface area (Å²) in [4.78, 5) is 25.6. The van der Waals surface area contributed by atoms with E-state index in [1.54, 1.807) is 12.4 Å². The number of anilines is 2. The maximum absolute atomic E-state index is 12.3. The zero-order valence-corrected chi connectivity index (χ0v) is 19.4. The van der Waals surface area contributed by atoms with Crippen LogP contribution in [0, 0.1) is 13.8 Å². The van der Waals surface area contributed by atoms with Crippen molar-refractivity contribution in [2.24, 2.45) is 0 Å². The second-order valence-corrected chi connectivity index (χ2v) is 8.40. The van der Waals surface area contributed by atoms with Crippen LogP contribution >= 0.6 is 0 Å². The highest BCUT2D eigenvalue weighted by molar-refractivity contribution is 5.89. The van der Waals surface area contributed by atoms with Crippen LogP contribution in [0.25, 0.3) is 0 Å². The maximum atomic E-state index is 12.3. The molecule has 3 aromatic rings. The van der Waals surface area contributed by atoms with Crippen LogP contribution in [0.5, 0.6) is 0 Å². The molecule has 0 atom stereocenters. The lowest BCUT2D eigenvalue weighted by Crippen LogP contribution is -2.47. The summed E-state index contributed by atoms with van der Waals surface area (Å²) in [6.45, 7) is 10.1. The summed E-state index contributed by atoms with van der Waals surface area (Å²) in [5.41, 5.74) is 4.01. The number of rotatable bonds is 8. The van der Waals surface area contributed by atoms with E-state index in [4.69, 9.17) is 0 Å². The number of urea groups is 1. The molecule has 0 spiro atoms. The van der Waals surface area contributed by atoms with E-state index in [0.717, 1.165) is 67.7 Å². The molecule has 1 saturated heterocycles. The Hall–Kier alpha value is -3.46. The zero-order valence-electron chi connectivity index (χ0n) is 19.4. The van der Waals surface area contributed by atoms with Crippen LogP contribution in [0.1, 0.15) is 23.4 Å². The highest BCUT2D eigenvalue weighted by atomic mass is 16.2. The van der Waals surface area contributed by atoms with Crippen molar-refractivity contribution in [3.63, 3.8) is 0 Å². The number of piperazine rings is 1. The van der Waals surface area contributed by atoms with Crippen molar-refractivity contribution in [3.05, 3.63) is 65.7 Å². The number of aromatic nitrogens is 4. The number of aryl methyl sites for hydroxylation is 2. The Labute approximate surface area is 194 Å². The fourth-order valence-corrected chi connectivity index (χ4v) is 4.06. The van der Waals surface area contributed by atoms with E-state index >= 15 is 0 Å². The topological polar surface area (TPSA) is 91.2 Å². The zero-order chi connectivity index (χ0) is 23.0. The van der Waals surface area contributed by atoms with Gasteiger partial charge in [-0.05, 0) is 56.6 Å². The van der Waals surface area contributed by atoms with Gasteiger partial charge in [-0.3, -0.25) is 9.58 Å². The monoisotopic (exact) mass is 448 g/mol. The molecule has 0 bridgehead atoms. The van der Waals surface area contributed by atoms with Crippen molar-refractivity contribution in [1.29, 1.82) is 0 Å². The number of amides is 2. The summed E-state index contributed by atoms with van der Waals surface area (Å²) in [5, 5.41) is 10.4. The third-order valence-corrected chi connectivity index (χ3v) is 5.76. The Morgan fingerprint density at radius 2 is 1.82 bits per heavy atom. The summed E-state index contributed by atoms with van der Waals surface area (Å²) in [7, 11) is 0. The predicted molar refractivity (Wildman–Crippen MR) is 130 cm³/mol. The van der Waals surface area contributed by atoms with Crippen molar-refractivity contribution >= 4 is 17.7 Å². The van der Waals surface area contributed by atoms with Crippen LogP contribution in [-0.4, -0.2) is 69.9 Å². The van der Waals surface area contributed by atoms with E-state index < -0.39 is 0 Å². The number of carbonyl (C=O) groups excluding carboxylic acids is 1. The Balaban J connectivity index is 1.15. The predicted octanol–water partition coefficient (Wildman–Crippen LogP) is 2.67. The van der Waals surface area contributed by atoms with Gasteiger partial charge in [-0.15, -0.1) is 0 Å². The smallest absolute Gasteiger partial charge is 0.319 e. The molecular weight excluding hydrogens is 416 g/mol. The minimum absolute atomic E-state index is 0.177. The molecule has 9 heteroatoms. The third-order valence-electron chi connectivity index (χ3n) is 5.76. The van der Waals surface area contributed by atoms with Gasteiger partial charge >= 0.3 is 6.03 Å². The Bertz CT molecular complexity index is 1040. The van der Waals surface area contributed by atoms with Crippen LogP contribution in [0.15, 0.2) is 48.8 Å². The molecule has 9 nitrogen and oxygen atoms in total. The van der Waals surface area contributed by atoms with Gasteiger partial charge < -0.3 is 15.5 Å². The van der Waals surface area contributed by atoms with Gasteiger partial charge in [0.05, 0.1) is 12.2 Å². The lowest BCUT2D eigenvalue weighted by atomic mass is 10.2. The molecule has 0 radical (unpaired) electrons. The standard InChI is InChI=1S/C24H32N8O/c1-19-16-20(2)32(29-19)18-21-6-3-7-22(17-21)28-24(33)27-10-5-11-30-12-14-31(15-13-30)23-25-8-4-9-26-23/h3-4,6-9,16-17H,5,10-15,18H2,1-2H3,(H2,27,28,33). The van der Waals surface area contributed by atoms with Crippen LogP contribution < -0.4 is 15.5 Å². The molecule has 0 unspecified atom stereocenters. The molecule has 1 fully saturated rings. The fourth-order valence-electron chi connectivity index (χ4n) is 4.06. The SMILES string of the molecule is Cc1cc(C)n(Cc2cccc(NC(=O)NCCCN3CCN(c4ncccn4)CC3)c2)n1. The van der Waals surface area contributed by atoms with Crippen molar-refractivity contribution < 1.29 is 4.79 Å². The molecule has 1 aliphatic rings. The number of nitrogens with one attached hydrogen (secondary N) is 2. The van der Waals surface area contributed by atoms with Crippen molar-refractivity contribution in [2.75, 3.05) is 49.5 Å². The van der Waals surface area contributed by atoms with Crippen LogP contribution in [0.4, 0.5) is 16.4 Å². The first-order valence-corrected chi connectivity index (χ1v) is 11.5. The molecule has 3 heterocycles. The average Bonchev–Trinajstić information content (AvgIpc) is 3.14. The van der Waals surface area contributed by atoms with E-state index in [1.165, 1.54) is 0 Å². The molecule has 4 rings (SSSR count). The first-order chi connectivity index (χ1) is 16.1. The summed E-state index contributed by atoms with van der Waals surface area (Å²) >= 11 is 0. The second-order valence-electron chi connectivity index (χ2n) is 8.40. The molecular formula is C24H32N8O.